The van der Waals surface area contributed by atoms with E-state index in [4.69, 9.17) is 0 Å². The third-order valence-corrected chi connectivity index (χ3v) is 6.80. The lowest BCUT2D eigenvalue weighted by Crippen LogP contribution is -2.33. The van der Waals surface area contributed by atoms with Crippen LogP contribution in [0.4, 0.5) is 0 Å². The van der Waals surface area contributed by atoms with Gasteiger partial charge in [-0.3, -0.25) is 0 Å². The molecule has 2 saturated heterocycles. The molecule has 2 aliphatic rings. The Morgan fingerprint density at radius 3 is 2.73 bits per heavy atom. The zero-order chi connectivity index (χ0) is 10.7. The quantitative estimate of drug-likeness (QED) is 0.804. The first-order valence-electron chi connectivity index (χ1n) is 5.68. The van der Waals surface area contributed by atoms with Gasteiger partial charge in [-0.05, 0) is 43.2 Å². The fourth-order valence-corrected chi connectivity index (χ4v) is 5.36. The number of hydrogen-bond acceptors (Lipinski definition) is 4. The normalized spacial score (nSPS) is 34.7. The van der Waals surface area contributed by atoms with Gasteiger partial charge in [0.25, 0.3) is 0 Å². The van der Waals surface area contributed by atoms with Gasteiger partial charge in [-0.1, -0.05) is 0 Å². The van der Waals surface area contributed by atoms with Gasteiger partial charge < -0.3 is 5.32 Å². The van der Waals surface area contributed by atoms with Crippen LogP contribution >= 0.6 is 11.8 Å². The van der Waals surface area contributed by atoms with Gasteiger partial charge in [0.05, 0.1) is 11.0 Å². The lowest BCUT2D eigenvalue weighted by Gasteiger charge is -2.13. The molecule has 0 radical (unpaired) electrons. The van der Waals surface area contributed by atoms with Crippen LogP contribution in [0.1, 0.15) is 19.3 Å². The summed E-state index contributed by atoms with van der Waals surface area (Å²) < 4.78 is 23.1. The second kappa shape index (κ2) is 5.06. The van der Waals surface area contributed by atoms with E-state index in [1.165, 1.54) is 17.9 Å². The van der Waals surface area contributed by atoms with E-state index >= 15 is 0 Å². The molecule has 0 aromatic heterocycles. The minimum absolute atomic E-state index is 0.105. The number of sulfone groups is 1. The van der Waals surface area contributed by atoms with E-state index in [-0.39, 0.29) is 5.25 Å². The molecule has 1 N–H and O–H groups in total. The Balaban J connectivity index is 1.69. The van der Waals surface area contributed by atoms with Crippen molar-refractivity contribution in [3.63, 3.8) is 0 Å². The first kappa shape index (κ1) is 11.7. The second-order valence-corrected chi connectivity index (χ2v) is 8.07. The maximum absolute atomic E-state index is 11.5. The Morgan fingerprint density at radius 1 is 1.27 bits per heavy atom. The minimum Gasteiger partial charge on any atom is -0.315 e. The van der Waals surface area contributed by atoms with Gasteiger partial charge in [0.15, 0.2) is 9.84 Å². The van der Waals surface area contributed by atoms with Crippen LogP contribution in [-0.2, 0) is 9.84 Å². The van der Waals surface area contributed by atoms with E-state index in [1.807, 2.05) is 11.8 Å². The third-order valence-electron chi connectivity index (χ3n) is 3.29. The molecule has 0 spiro atoms. The topological polar surface area (TPSA) is 46.2 Å². The monoisotopic (exact) mass is 249 g/mol. The highest BCUT2D eigenvalue weighted by Crippen LogP contribution is 2.23. The minimum atomic E-state index is -2.75. The van der Waals surface area contributed by atoms with Crippen molar-refractivity contribution in [2.75, 3.05) is 30.3 Å². The van der Waals surface area contributed by atoms with Crippen LogP contribution in [0.3, 0.4) is 0 Å². The van der Waals surface area contributed by atoms with E-state index in [1.54, 1.807) is 0 Å². The van der Waals surface area contributed by atoms with Crippen molar-refractivity contribution in [3.8, 4) is 0 Å². The molecule has 2 aliphatic heterocycles. The number of thioether (sulfide) groups is 1. The number of rotatable bonds is 4. The molecule has 88 valence electrons. The van der Waals surface area contributed by atoms with Crippen LogP contribution in [0.5, 0.6) is 0 Å². The summed E-state index contributed by atoms with van der Waals surface area (Å²) in [4.78, 5) is 0. The molecule has 2 fully saturated rings. The summed E-state index contributed by atoms with van der Waals surface area (Å²) in [5.74, 6) is 3.68. The summed E-state index contributed by atoms with van der Waals surface area (Å²) in [6.07, 6.45) is 3.00. The first-order valence-corrected chi connectivity index (χ1v) is 8.55. The van der Waals surface area contributed by atoms with Gasteiger partial charge in [0, 0.05) is 6.54 Å². The predicted octanol–water partition coefficient (Wildman–Crippen LogP) is 0.906. The molecule has 2 heterocycles. The van der Waals surface area contributed by atoms with Crippen molar-refractivity contribution in [3.05, 3.63) is 0 Å². The first-order chi connectivity index (χ1) is 7.18. The summed E-state index contributed by atoms with van der Waals surface area (Å²) >= 11 is 2.01. The van der Waals surface area contributed by atoms with Crippen LogP contribution in [-0.4, -0.2) is 44.0 Å². The fourth-order valence-electron chi connectivity index (χ4n) is 2.28. The van der Waals surface area contributed by atoms with Crippen molar-refractivity contribution in [2.24, 2.45) is 5.92 Å². The van der Waals surface area contributed by atoms with Crippen molar-refractivity contribution in [1.82, 2.24) is 5.32 Å². The Kier molecular flexibility index (Phi) is 3.96. The summed E-state index contributed by atoms with van der Waals surface area (Å²) in [5, 5.41) is 3.23. The van der Waals surface area contributed by atoms with E-state index < -0.39 is 9.84 Å². The highest BCUT2D eigenvalue weighted by Gasteiger charge is 2.30. The van der Waals surface area contributed by atoms with Crippen molar-refractivity contribution >= 4 is 21.6 Å². The maximum atomic E-state index is 11.5. The summed E-state index contributed by atoms with van der Waals surface area (Å²) in [6.45, 7) is 1.67. The smallest absolute Gasteiger partial charge is 0.154 e. The van der Waals surface area contributed by atoms with Gasteiger partial charge in [-0.25, -0.2) is 8.42 Å². The van der Waals surface area contributed by atoms with Crippen LogP contribution in [0.15, 0.2) is 0 Å². The molecule has 2 atom stereocenters. The molecule has 2 unspecified atom stereocenters. The molecule has 0 amide bonds. The second-order valence-electron chi connectivity index (χ2n) is 4.52. The molecule has 2 rings (SSSR count). The maximum Gasteiger partial charge on any atom is 0.154 e. The lowest BCUT2D eigenvalue weighted by atomic mass is 10.1. The van der Waals surface area contributed by atoms with E-state index in [9.17, 15) is 8.42 Å². The number of hydrogen-bond donors (Lipinski definition) is 1. The standard InChI is InChI=1S/C10H19NO2S2/c12-15(13)5-1-2-10(15)7-11-6-9-3-4-14-8-9/h9-11H,1-8H2. The zero-order valence-electron chi connectivity index (χ0n) is 8.94. The molecule has 0 aromatic carbocycles. The molecule has 0 aromatic rings. The van der Waals surface area contributed by atoms with Crippen LogP contribution in [0.2, 0.25) is 0 Å². The molecular formula is C10H19NO2S2. The van der Waals surface area contributed by atoms with Crippen molar-refractivity contribution in [2.45, 2.75) is 24.5 Å². The molecular weight excluding hydrogens is 230 g/mol. The zero-order valence-corrected chi connectivity index (χ0v) is 10.6. The van der Waals surface area contributed by atoms with E-state index in [2.05, 4.69) is 5.32 Å². The van der Waals surface area contributed by atoms with Gasteiger partial charge in [0.2, 0.25) is 0 Å². The van der Waals surface area contributed by atoms with Crippen LogP contribution < -0.4 is 5.32 Å². The molecule has 0 aliphatic carbocycles. The lowest BCUT2D eigenvalue weighted by molar-refractivity contribution is 0.510. The summed E-state index contributed by atoms with van der Waals surface area (Å²) in [6, 6.07) is 0. The molecule has 0 saturated carbocycles. The summed E-state index contributed by atoms with van der Waals surface area (Å²) in [7, 11) is -2.75. The van der Waals surface area contributed by atoms with Crippen LogP contribution in [0.25, 0.3) is 0 Å². The van der Waals surface area contributed by atoms with Crippen molar-refractivity contribution in [1.29, 1.82) is 0 Å². The van der Waals surface area contributed by atoms with E-state index in [0.29, 0.717) is 12.3 Å². The molecule has 0 bridgehead atoms. The van der Waals surface area contributed by atoms with E-state index in [0.717, 1.165) is 25.3 Å². The predicted molar refractivity (Wildman–Crippen MR) is 65.1 cm³/mol. The Labute approximate surface area is 96.3 Å². The SMILES string of the molecule is O=S1(=O)CCCC1CNCC1CCSC1. The number of nitrogens with one attached hydrogen (secondary N) is 1. The third kappa shape index (κ3) is 3.11. The van der Waals surface area contributed by atoms with Gasteiger partial charge in [0.1, 0.15) is 0 Å². The van der Waals surface area contributed by atoms with Gasteiger partial charge >= 0.3 is 0 Å². The average Bonchev–Trinajstić information content (AvgIpc) is 2.77. The fraction of sp³-hybridized carbons (Fsp3) is 1.00. The highest BCUT2D eigenvalue weighted by atomic mass is 32.2. The Hall–Kier alpha value is 0.260. The Morgan fingerprint density at radius 2 is 2.13 bits per heavy atom. The Bertz CT molecular complexity index is 297. The van der Waals surface area contributed by atoms with Crippen LogP contribution in [0, 0.1) is 5.92 Å². The molecule has 5 heteroatoms. The van der Waals surface area contributed by atoms with Crippen molar-refractivity contribution < 1.29 is 8.42 Å². The molecule has 15 heavy (non-hydrogen) atoms. The molecule has 3 nitrogen and oxygen atoms in total. The van der Waals surface area contributed by atoms with Gasteiger partial charge in [-0.2, -0.15) is 11.8 Å². The van der Waals surface area contributed by atoms with Gasteiger partial charge in [-0.15, -0.1) is 0 Å². The highest BCUT2D eigenvalue weighted by molar-refractivity contribution is 7.99. The summed E-state index contributed by atoms with van der Waals surface area (Å²) in [5.41, 5.74) is 0. The average molecular weight is 249 g/mol. The largest absolute Gasteiger partial charge is 0.315 e.